The number of anilines is 2. The van der Waals surface area contributed by atoms with Crippen molar-refractivity contribution in [1.82, 2.24) is 9.88 Å². The van der Waals surface area contributed by atoms with Gasteiger partial charge in [0.2, 0.25) is 0 Å². The van der Waals surface area contributed by atoms with Gasteiger partial charge in [0, 0.05) is 41.2 Å². The predicted molar refractivity (Wildman–Crippen MR) is 129 cm³/mol. The van der Waals surface area contributed by atoms with Gasteiger partial charge in [-0.25, -0.2) is 4.79 Å². The molecule has 0 atom stereocenters. The number of carbonyl (C=O) groups excluding carboxylic acids is 2. The second-order valence-electron chi connectivity index (χ2n) is 7.70. The molecule has 0 spiro atoms. The molecule has 0 bridgehead atoms. The Morgan fingerprint density at radius 3 is 2.85 bits per heavy atom. The summed E-state index contributed by atoms with van der Waals surface area (Å²) in [5, 5.41) is 16.6. The molecule has 0 saturated carbocycles. The molecule has 1 aliphatic heterocycles. The van der Waals surface area contributed by atoms with Gasteiger partial charge in [-0.05, 0) is 24.3 Å². The summed E-state index contributed by atoms with van der Waals surface area (Å²) in [4.78, 5) is 31.4. The van der Waals surface area contributed by atoms with Gasteiger partial charge in [0.15, 0.2) is 6.61 Å². The minimum Gasteiger partial charge on any atom is -0.495 e. The number of fused-ring (bicyclic) bond motifs is 2. The number of rotatable bonds is 7. The highest BCUT2D eigenvalue weighted by molar-refractivity contribution is 6.31. The van der Waals surface area contributed by atoms with Crippen LogP contribution in [0.2, 0.25) is 5.02 Å². The number of benzene rings is 2. The third-order valence-corrected chi connectivity index (χ3v) is 5.72. The lowest BCUT2D eigenvalue weighted by atomic mass is 10.00. The molecule has 34 heavy (non-hydrogen) atoms. The fraction of sp³-hybridized carbons (Fsp3) is 0.292. The van der Waals surface area contributed by atoms with Gasteiger partial charge < -0.3 is 30.1 Å². The third kappa shape index (κ3) is 5.16. The molecule has 2 heterocycles. The molecule has 2 amide bonds. The molecule has 0 saturated heterocycles. The number of aliphatic hydroxyl groups excluding tert-OH is 1. The molecule has 10 heteroatoms. The Morgan fingerprint density at radius 1 is 1.24 bits per heavy atom. The van der Waals surface area contributed by atoms with Crippen molar-refractivity contribution in [1.29, 1.82) is 0 Å². The fourth-order valence-corrected chi connectivity index (χ4v) is 4.08. The maximum Gasteiger partial charge on any atom is 0.410 e. The van der Waals surface area contributed by atoms with E-state index in [0.717, 1.165) is 27.8 Å². The Balaban J connectivity index is 1.44. The van der Waals surface area contributed by atoms with Crippen LogP contribution in [0.3, 0.4) is 0 Å². The van der Waals surface area contributed by atoms with E-state index < -0.39 is 18.6 Å². The van der Waals surface area contributed by atoms with Crippen molar-refractivity contribution in [2.45, 2.75) is 13.0 Å². The predicted octanol–water partition coefficient (Wildman–Crippen LogP) is 3.43. The summed E-state index contributed by atoms with van der Waals surface area (Å²) in [6.45, 7) is 0.592. The average molecular weight is 485 g/mol. The van der Waals surface area contributed by atoms with Crippen LogP contribution >= 0.6 is 11.6 Å². The quantitative estimate of drug-likeness (QED) is 0.471. The van der Waals surface area contributed by atoms with E-state index in [0.29, 0.717) is 36.0 Å². The zero-order chi connectivity index (χ0) is 24.1. The largest absolute Gasteiger partial charge is 0.495 e. The molecular weight excluding hydrogens is 460 g/mol. The molecule has 4 rings (SSSR count). The van der Waals surface area contributed by atoms with Crippen LogP contribution in [-0.4, -0.2) is 60.4 Å². The lowest BCUT2D eigenvalue weighted by molar-refractivity contribution is -0.119. The molecule has 3 N–H and O–H groups in total. The van der Waals surface area contributed by atoms with Crippen LogP contribution in [0, 0.1) is 0 Å². The van der Waals surface area contributed by atoms with Crippen LogP contribution in [0.5, 0.6) is 5.75 Å². The van der Waals surface area contributed by atoms with Gasteiger partial charge in [0.05, 0.1) is 37.2 Å². The number of methoxy groups -OCH3 is 1. The molecule has 0 radical (unpaired) electrons. The molecule has 9 nitrogen and oxygen atoms in total. The summed E-state index contributed by atoms with van der Waals surface area (Å²) in [6.07, 6.45) is -0.0465. The van der Waals surface area contributed by atoms with Crippen molar-refractivity contribution >= 4 is 45.9 Å². The zero-order valence-corrected chi connectivity index (χ0v) is 19.4. The number of ether oxygens (including phenoxy) is 2. The van der Waals surface area contributed by atoms with Crippen molar-refractivity contribution in [3.8, 4) is 5.75 Å². The molecule has 178 valence electrons. The lowest BCUT2D eigenvalue weighted by Crippen LogP contribution is -2.38. The van der Waals surface area contributed by atoms with E-state index >= 15 is 0 Å². The standard InChI is InChI=1S/C24H25ClN4O5/c1-33-21-7-6-15(25)12-20(21)28-22(31)14-34-24(32)29-10-8-19-17(13-29)23(26-9-11-30)16-4-2-3-5-18(16)27-19/h2-7,12,30H,8-11,13-14H2,1H3,(H,26,27)(H,28,31). The smallest absolute Gasteiger partial charge is 0.410 e. The summed E-state index contributed by atoms with van der Waals surface area (Å²) in [7, 11) is 1.48. The highest BCUT2D eigenvalue weighted by atomic mass is 35.5. The summed E-state index contributed by atoms with van der Waals surface area (Å²) in [6, 6.07) is 12.6. The van der Waals surface area contributed by atoms with Gasteiger partial charge in [0.1, 0.15) is 5.75 Å². The van der Waals surface area contributed by atoms with E-state index in [9.17, 15) is 14.7 Å². The number of carbonyl (C=O) groups is 2. The van der Waals surface area contributed by atoms with Crippen LogP contribution in [0.15, 0.2) is 42.5 Å². The summed E-state index contributed by atoms with van der Waals surface area (Å²) in [5.74, 6) is -0.0661. The third-order valence-electron chi connectivity index (χ3n) is 5.48. The van der Waals surface area contributed by atoms with Gasteiger partial charge in [0.25, 0.3) is 5.91 Å². The first-order chi connectivity index (χ1) is 16.5. The Labute approximate surface area is 201 Å². The van der Waals surface area contributed by atoms with E-state index in [2.05, 4.69) is 10.6 Å². The molecule has 3 aromatic rings. The number of aliphatic hydroxyl groups is 1. The SMILES string of the molecule is COc1ccc(Cl)cc1NC(=O)COC(=O)N1CCc2nc3ccccc3c(NCCO)c2C1. The van der Waals surface area contributed by atoms with Gasteiger partial charge in [-0.15, -0.1) is 0 Å². The average Bonchev–Trinajstić information content (AvgIpc) is 2.85. The molecule has 0 aliphatic carbocycles. The normalized spacial score (nSPS) is 12.7. The van der Waals surface area contributed by atoms with Crippen LogP contribution in [0.25, 0.3) is 10.9 Å². The first-order valence-corrected chi connectivity index (χ1v) is 11.2. The summed E-state index contributed by atoms with van der Waals surface area (Å²) >= 11 is 5.99. The molecule has 0 fully saturated rings. The Hall–Kier alpha value is -3.56. The van der Waals surface area contributed by atoms with E-state index in [4.69, 9.17) is 26.1 Å². The lowest BCUT2D eigenvalue weighted by Gasteiger charge is -2.30. The van der Waals surface area contributed by atoms with Crippen LogP contribution in [-0.2, 0) is 22.5 Å². The number of amides is 2. The summed E-state index contributed by atoms with van der Waals surface area (Å²) in [5.41, 5.74) is 3.86. The number of pyridine rings is 1. The number of aromatic nitrogens is 1. The van der Waals surface area contributed by atoms with E-state index in [1.807, 2.05) is 24.3 Å². The first kappa shape index (κ1) is 23.6. The number of nitrogens with one attached hydrogen (secondary N) is 2. The fourth-order valence-electron chi connectivity index (χ4n) is 3.91. The van der Waals surface area contributed by atoms with Gasteiger partial charge in [-0.1, -0.05) is 29.8 Å². The summed E-state index contributed by atoms with van der Waals surface area (Å²) < 4.78 is 10.5. The van der Waals surface area contributed by atoms with Crippen molar-refractivity contribution in [2.75, 3.05) is 44.0 Å². The Kier molecular flexibility index (Phi) is 7.34. The highest BCUT2D eigenvalue weighted by Crippen LogP contribution is 2.32. The van der Waals surface area contributed by atoms with Crippen molar-refractivity contribution in [2.24, 2.45) is 0 Å². The molecular formula is C24H25ClN4O5. The topological polar surface area (TPSA) is 113 Å². The molecule has 0 unspecified atom stereocenters. The van der Waals surface area contributed by atoms with Crippen molar-refractivity contribution in [3.63, 3.8) is 0 Å². The number of hydrogen-bond acceptors (Lipinski definition) is 7. The number of hydrogen-bond donors (Lipinski definition) is 3. The maximum absolute atomic E-state index is 12.7. The van der Waals surface area contributed by atoms with Crippen LogP contribution in [0.4, 0.5) is 16.2 Å². The van der Waals surface area contributed by atoms with Gasteiger partial charge in [-0.2, -0.15) is 0 Å². The maximum atomic E-state index is 12.7. The Bertz CT molecular complexity index is 1220. The van der Waals surface area contributed by atoms with Crippen LogP contribution in [0.1, 0.15) is 11.3 Å². The van der Waals surface area contributed by atoms with E-state index in [1.165, 1.54) is 12.0 Å². The minimum atomic E-state index is -0.597. The number of nitrogens with zero attached hydrogens (tertiary/aromatic N) is 2. The molecule has 2 aromatic carbocycles. The Morgan fingerprint density at radius 2 is 2.06 bits per heavy atom. The molecule has 1 aliphatic rings. The van der Waals surface area contributed by atoms with Crippen molar-refractivity contribution in [3.05, 3.63) is 58.7 Å². The minimum absolute atomic E-state index is 0.0241. The number of para-hydroxylation sites is 1. The van der Waals surface area contributed by atoms with Crippen molar-refractivity contribution < 1.29 is 24.2 Å². The second-order valence-corrected chi connectivity index (χ2v) is 8.13. The van der Waals surface area contributed by atoms with Crippen LogP contribution < -0.4 is 15.4 Å². The first-order valence-electron chi connectivity index (χ1n) is 10.8. The molecule has 1 aromatic heterocycles. The van der Waals surface area contributed by atoms with Gasteiger partial charge in [-0.3, -0.25) is 9.78 Å². The van der Waals surface area contributed by atoms with E-state index in [-0.39, 0.29) is 13.2 Å². The second kappa shape index (κ2) is 10.6. The number of halogens is 1. The zero-order valence-electron chi connectivity index (χ0n) is 18.6. The highest BCUT2D eigenvalue weighted by Gasteiger charge is 2.27. The monoisotopic (exact) mass is 484 g/mol. The van der Waals surface area contributed by atoms with E-state index in [1.54, 1.807) is 18.2 Å². The van der Waals surface area contributed by atoms with Gasteiger partial charge >= 0.3 is 6.09 Å².